The maximum Gasteiger partial charge on any atom is 0.227 e. The van der Waals surface area contributed by atoms with Gasteiger partial charge in [0.15, 0.2) is 11.4 Å². The van der Waals surface area contributed by atoms with Crippen LogP contribution in [0.15, 0.2) is 77.2 Å². The molecule has 1 aromatic heterocycles. The first-order chi connectivity index (χ1) is 14.5. The second kappa shape index (κ2) is 8.33. The molecule has 3 aromatic carbocycles. The van der Waals surface area contributed by atoms with Crippen molar-refractivity contribution in [3.63, 3.8) is 0 Å². The van der Waals surface area contributed by atoms with Gasteiger partial charge in [0.05, 0.1) is 0 Å². The van der Waals surface area contributed by atoms with Crippen LogP contribution in [0, 0.1) is 5.92 Å². The molecule has 5 heteroatoms. The fraction of sp³-hybridized carbons (Fsp3) is 0.160. The Bertz CT molecular complexity index is 1190. The topological polar surface area (TPSA) is 72.2 Å². The number of hydrogen-bond donors (Lipinski definition) is 1. The fourth-order valence-corrected chi connectivity index (χ4v) is 3.09. The van der Waals surface area contributed by atoms with Crippen molar-refractivity contribution in [1.29, 1.82) is 0 Å². The van der Waals surface area contributed by atoms with Gasteiger partial charge in [-0.05, 0) is 48.9 Å². The lowest BCUT2D eigenvalue weighted by molar-refractivity contribution is -0.119. The molecule has 0 bridgehead atoms. The number of benzene rings is 3. The summed E-state index contributed by atoms with van der Waals surface area (Å²) >= 11 is 0. The molecule has 0 spiro atoms. The Morgan fingerprint density at radius 1 is 0.967 bits per heavy atom. The number of carbonyl (C=O) groups excluding carboxylic acids is 2. The number of nitrogens with zero attached hydrogens (tertiary/aromatic N) is 1. The summed E-state index contributed by atoms with van der Waals surface area (Å²) in [6.07, 6.45) is 0.793. The zero-order valence-electron chi connectivity index (χ0n) is 16.9. The molecule has 150 valence electrons. The van der Waals surface area contributed by atoms with E-state index in [4.69, 9.17) is 4.42 Å². The molecule has 0 fully saturated rings. The van der Waals surface area contributed by atoms with Gasteiger partial charge in [-0.1, -0.05) is 44.2 Å². The second-order valence-corrected chi connectivity index (χ2v) is 7.27. The van der Waals surface area contributed by atoms with Gasteiger partial charge in [-0.3, -0.25) is 9.59 Å². The fourth-order valence-electron chi connectivity index (χ4n) is 3.09. The van der Waals surface area contributed by atoms with Crippen LogP contribution in [0.1, 0.15) is 36.2 Å². The molecule has 0 aliphatic heterocycles. The predicted molar refractivity (Wildman–Crippen MR) is 117 cm³/mol. The molecule has 0 saturated heterocycles. The van der Waals surface area contributed by atoms with Crippen molar-refractivity contribution in [3.05, 3.63) is 83.9 Å². The third kappa shape index (κ3) is 4.01. The van der Waals surface area contributed by atoms with Crippen LogP contribution in [0.2, 0.25) is 0 Å². The van der Waals surface area contributed by atoms with Gasteiger partial charge in [0, 0.05) is 28.3 Å². The minimum atomic E-state index is -0.0585. The molecule has 0 radical (unpaired) electrons. The van der Waals surface area contributed by atoms with Gasteiger partial charge in [0.1, 0.15) is 5.52 Å². The molecule has 0 aliphatic carbocycles. The van der Waals surface area contributed by atoms with Crippen LogP contribution in [-0.4, -0.2) is 16.7 Å². The summed E-state index contributed by atoms with van der Waals surface area (Å²) < 4.78 is 5.91. The normalized spacial score (nSPS) is 11.9. The zero-order chi connectivity index (χ0) is 21.1. The van der Waals surface area contributed by atoms with Gasteiger partial charge < -0.3 is 9.73 Å². The molecule has 1 atom stereocenters. The van der Waals surface area contributed by atoms with E-state index in [1.165, 1.54) is 0 Å². The summed E-state index contributed by atoms with van der Waals surface area (Å²) in [4.78, 5) is 29.2. The Morgan fingerprint density at radius 2 is 1.70 bits per heavy atom. The van der Waals surface area contributed by atoms with Crippen LogP contribution in [0.3, 0.4) is 0 Å². The Labute approximate surface area is 174 Å². The van der Waals surface area contributed by atoms with Crippen molar-refractivity contribution in [1.82, 2.24) is 4.98 Å². The van der Waals surface area contributed by atoms with E-state index in [9.17, 15) is 9.59 Å². The Balaban J connectivity index is 1.56. The van der Waals surface area contributed by atoms with Crippen LogP contribution in [0.4, 0.5) is 5.69 Å². The van der Waals surface area contributed by atoms with E-state index in [1.807, 2.05) is 56.3 Å². The lowest BCUT2D eigenvalue weighted by Gasteiger charge is -2.09. The lowest BCUT2D eigenvalue weighted by atomic mass is 10.0. The van der Waals surface area contributed by atoms with Crippen molar-refractivity contribution in [2.24, 2.45) is 5.92 Å². The summed E-state index contributed by atoms with van der Waals surface area (Å²) in [5, 5.41) is 2.91. The van der Waals surface area contributed by atoms with Crippen molar-refractivity contribution in [3.8, 4) is 11.5 Å². The first-order valence-corrected chi connectivity index (χ1v) is 9.97. The van der Waals surface area contributed by atoms with Gasteiger partial charge >= 0.3 is 0 Å². The molecular formula is C25H22N2O3. The van der Waals surface area contributed by atoms with E-state index in [1.54, 1.807) is 30.3 Å². The zero-order valence-corrected chi connectivity index (χ0v) is 16.9. The number of amides is 1. The van der Waals surface area contributed by atoms with Crippen molar-refractivity contribution in [2.75, 3.05) is 5.32 Å². The van der Waals surface area contributed by atoms with Gasteiger partial charge in [0.2, 0.25) is 11.8 Å². The summed E-state index contributed by atoms with van der Waals surface area (Å²) in [5.41, 5.74) is 3.95. The number of nitrogens with one attached hydrogen (secondary N) is 1. The van der Waals surface area contributed by atoms with Crippen LogP contribution < -0.4 is 5.32 Å². The molecular weight excluding hydrogens is 376 g/mol. The van der Waals surface area contributed by atoms with E-state index in [-0.39, 0.29) is 17.6 Å². The number of aromatic nitrogens is 1. The van der Waals surface area contributed by atoms with Crippen molar-refractivity contribution >= 4 is 28.5 Å². The molecule has 1 amide bonds. The van der Waals surface area contributed by atoms with Crippen molar-refractivity contribution in [2.45, 2.75) is 20.3 Å². The van der Waals surface area contributed by atoms with E-state index < -0.39 is 0 Å². The molecule has 4 rings (SSSR count). The Kier molecular flexibility index (Phi) is 5.44. The van der Waals surface area contributed by atoms with E-state index in [2.05, 4.69) is 10.3 Å². The minimum absolute atomic E-state index is 0.00252. The first-order valence-electron chi connectivity index (χ1n) is 9.97. The molecule has 1 unspecified atom stereocenters. The van der Waals surface area contributed by atoms with Crippen LogP contribution in [-0.2, 0) is 4.79 Å². The molecule has 5 nitrogen and oxygen atoms in total. The first kappa shape index (κ1) is 19.6. The molecule has 30 heavy (non-hydrogen) atoms. The average Bonchev–Trinajstić information content (AvgIpc) is 3.22. The molecule has 0 saturated carbocycles. The predicted octanol–water partition coefficient (Wildman–Crippen LogP) is 5.71. The number of carbonyl (C=O) groups is 2. The summed E-state index contributed by atoms with van der Waals surface area (Å²) in [6.45, 7) is 3.89. The van der Waals surface area contributed by atoms with Crippen molar-refractivity contribution < 1.29 is 14.0 Å². The molecule has 1 N–H and O–H groups in total. The van der Waals surface area contributed by atoms with E-state index in [0.717, 1.165) is 17.7 Å². The maximum atomic E-state index is 12.7. The van der Waals surface area contributed by atoms with Gasteiger partial charge in [-0.2, -0.15) is 0 Å². The monoisotopic (exact) mass is 398 g/mol. The standard InChI is InChI=1S/C25H22N2O3/c1-3-16(2)24(29)26-20-12-9-18(10-13-20)25-27-21-14-11-19(15-22(21)30-25)23(28)17-7-5-4-6-8-17/h4-16H,3H2,1-2H3,(H,26,29). The van der Waals surface area contributed by atoms with E-state index in [0.29, 0.717) is 28.1 Å². The molecule has 4 aromatic rings. The highest BCUT2D eigenvalue weighted by Crippen LogP contribution is 2.27. The smallest absolute Gasteiger partial charge is 0.227 e. The average molecular weight is 398 g/mol. The number of fused-ring (bicyclic) bond motifs is 1. The van der Waals surface area contributed by atoms with E-state index >= 15 is 0 Å². The molecule has 1 heterocycles. The number of anilines is 1. The quantitative estimate of drug-likeness (QED) is 0.422. The van der Waals surface area contributed by atoms with Gasteiger partial charge in [-0.25, -0.2) is 4.98 Å². The Hall–Kier alpha value is -3.73. The SMILES string of the molecule is CCC(C)C(=O)Nc1ccc(-c2nc3ccc(C(=O)c4ccccc4)cc3o2)cc1. The number of rotatable bonds is 6. The second-order valence-electron chi connectivity index (χ2n) is 7.27. The lowest BCUT2D eigenvalue weighted by Crippen LogP contribution is -2.19. The number of ketones is 1. The highest BCUT2D eigenvalue weighted by Gasteiger charge is 2.14. The molecule has 0 aliphatic rings. The third-order valence-electron chi connectivity index (χ3n) is 5.15. The largest absolute Gasteiger partial charge is 0.436 e. The number of hydrogen-bond acceptors (Lipinski definition) is 4. The van der Waals surface area contributed by atoms with Gasteiger partial charge in [-0.15, -0.1) is 0 Å². The minimum Gasteiger partial charge on any atom is -0.436 e. The maximum absolute atomic E-state index is 12.7. The summed E-state index contributed by atoms with van der Waals surface area (Å²) in [5.74, 6) is 0.378. The highest BCUT2D eigenvalue weighted by molar-refractivity contribution is 6.10. The van der Waals surface area contributed by atoms with Crippen LogP contribution in [0.5, 0.6) is 0 Å². The third-order valence-corrected chi connectivity index (χ3v) is 5.15. The number of oxazole rings is 1. The van der Waals surface area contributed by atoms with Gasteiger partial charge in [0.25, 0.3) is 0 Å². The summed E-state index contributed by atoms with van der Waals surface area (Å²) in [6, 6.07) is 21.8. The summed E-state index contributed by atoms with van der Waals surface area (Å²) in [7, 11) is 0. The van der Waals surface area contributed by atoms with Crippen LogP contribution in [0.25, 0.3) is 22.6 Å². The van der Waals surface area contributed by atoms with Crippen LogP contribution >= 0.6 is 0 Å². The Morgan fingerprint density at radius 3 is 2.40 bits per heavy atom. The highest BCUT2D eigenvalue weighted by atomic mass is 16.3.